The third kappa shape index (κ3) is 2.03. The molecule has 0 saturated heterocycles. The maximum atomic E-state index is 12.3. The SMILES string of the molecule is O=Cc1cnc(Cl)c(C(F)F)c1Br. The Balaban J connectivity index is 3.38. The average molecular weight is 270 g/mol. The lowest BCUT2D eigenvalue weighted by Crippen LogP contribution is -1.95. The summed E-state index contributed by atoms with van der Waals surface area (Å²) < 4.78 is 24.7. The van der Waals surface area contributed by atoms with Crippen molar-refractivity contribution in [1.82, 2.24) is 4.98 Å². The molecule has 0 aliphatic heterocycles. The summed E-state index contributed by atoms with van der Waals surface area (Å²) in [5.41, 5.74) is -0.397. The first-order chi connectivity index (χ1) is 6.07. The van der Waals surface area contributed by atoms with Crippen molar-refractivity contribution in [3.8, 4) is 0 Å². The van der Waals surface area contributed by atoms with Gasteiger partial charge >= 0.3 is 0 Å². The van der Waals surface area contributed by atoms with Crippen LogP contribution in [0.4, 0.5) is 8.78 Å². The largest absolute Gasteiger partial charge is 0.298 e. The van der Waals surface area contributed by atoms with Crippen LogP contribution in [0.3, 0.4) is 0 Å². The quantitative estimate of drug-likeness (QED) is 0.610. The van der Waals surface area contributed by atoms with E-state index in [4.69, 9.17) is 11.6 Å². The molecular weight excluding hydrogens is 267 g/mol. The third-order valence-corrected chi connectivity index (χ3v) is 2.56. The van der Waals surface area contributed by atoms with Gasteiger partial charge in [-0.1, -0.05) is 11.6 Å². The van der Waals surface area contributed by atoms with Crippen molar-refractivity contribution in [2.24, 2.45) is 0 Å². The molecule has 0 radical (unpaired) electrons. The zero-order valence-electron chi connectivity index (χ0n) is 6.10. The highest BCUT2D eigenvalue weighted by Crippen LogP contribution is 2.33. The van der Waals surface area contributed by atoms with Crippen molar-refractivity contribution in [3.63, 3.8) is 0 Å². The average Bonchev–Trinajstić information content (AvgIpc) is 2.04. The van der Waals surface area contributed by atoms with E-state index in [1.165, 1.54) is 0 Å². The van der Waals surface area contributed by atoms with Gasteiger partial charge in [-0.15, -0.1) is 0 Å². The summed E-state index contributed by atoms with van der Waals surface area (Å²) in [7, 11) is 0. The molecule has 0 aromatic carbocycles. The number of pyridine rings is 1. The fourth-order valence-electron chi connectivity index (χ4n) is 0.766. The van der Waals surface area contributed by atoms with Crippen molar-refractivity contribution in [3.05, 3.63) is 26.9 Å². The number of carbonyl (C=O) groups excluding carboxylic acids is 1. The Labute approximate surface area is 86.0 Å². The molecule has 13 heavy (non-hydrogen) atoms. The standard InChI is InChI=1S/C7H3BrClF2NO/c8-5-3(2-13)1-12-6(9)4(5)7(10)11/h1-2,7H. The maximum absolute atomic E-state index is 12.3. The second kappa shape index (κ2) is 4.11. The zero-order chi connectivity index (χ0) is 10.0. The molecule has 70 valence electrons. The summed E-state index contributed by atoms with van der Waals surface area (Å²) in [4.78, 5) is 13.8. The molecular formula is C7H3BrClF2NO. The van der Waals surface area contributed by atoms with Gasteiger partial charge in [0.15, 0.2) is 6.29 Å². The number of carbonyl (C=O) groups is 1. The van der Waals surface area contributed by atoms with Crippen LogP contribution in [0.5, 0.6) is 0 Å². The summed E-state index contributed by atoms with van der Waals surface area (Å²) >= 11 is 8.27. The summed E-state index contributed by atoms with van der Waals surface area (Å²) in [6, 6.07) is 0. The fraction of sp³-hybridized carbons (Fsp3) is 0.143. The van der Waals surface area contributed by atoms with Crippen LogP contribution in [0, 0.1) is 0 Å². The van der Waals surface area contributed by atoms with E-state index in [1.54, 1.807) is 0 Å². The van der Waals surface area contributed by atoms with Crippen LogP contribution in [0.25, 0.3) is 0 Å². The number of hydrogen-bond donors (Lipinski definition) is 0. The van der Waals surface area contributed by atoms with E-state index in [-0.39, 0.29) is 15.2 Å². The molecule has 0 fully saturated rings. The Morgan fingerprint density at radius 1 is 1.62 bits per heavy atom. The molecule has 0 N–H and O–H groups in total. The highest BCUT2D eigenvalue weighted by molar-refractivity contribution is 9.10. The lowest BCUT2D eigenvalue weighted by Gasteiger charge is -2.05. The molecule has 0 unspecified atom stereocenters. The molecule has 0 bridgehead atoms. The van der Waals surface area contributed by atoms with Gasteiger partial charge in [0, 0.05) is 16.2 Å². The van der Waals surface area contributed by atoms with Gasteiger partial charge in [-0.2, -0.15) is 0 Å². The first-order valence-corrected chi connectivity index (χ1v) is 4.32. The molecule has 1 rings (SSSR count). The number of hydrogen-bond acceptors (Lipinski definition) is 2. The lowest BCUT2D eigenvalue weighted by atomic mass is 10.2. The number of halogens is 4. The Hall–Kier alpha value is -0.550. The number of alkyl halides is 2. The lowest BCUT2D eigenvalue weighted by molar-refractivity contribution is 0.112. The molecule has 0 spiro atoms. The number of aldehydes is 1. The Kier molecular flexibility index (Phi) is 3.33. The van der Waals surface area contributed by atoms with Gasteiger partial charge in [0.25, 0.3) is 6.43 Å². The smallest absolute Gasteiger partial charge is 0.267 e. The topological polar surface area (TPSA) is 30.0 Å². The molecule has 0 aliphatic rings. The van der Waals surface area contributed by atoms with E-state index < -0.39 is 12.0 Å². The molecule has 0 amide bonds. The van der Waals surface area contributed by atoms with E-state index in [1.807, 2.05) is 0 Å². The van der Waals surface area contributed by atoms with E-state index in [9.17, 15) is 13.6 Å². The molecule has 0 saturated carbocycles. The van der Waals surface area contributed by atoms with Gasteiger partial charge in [0.2, 0.25) is 0 Å². The van der Waals surface area contributed by atoms with Gasteiger partial charge < -0.3 is 0 Å². The molecule has 6 heteroatoms. The van der Waals surface area contributed by atoms with Crippen LogP contribution in [0.2, 0.25) is 5.15 Å². The van der Waals surface area contributed by atoms with Crippen LogP contribution < -0.4 is 0 Å². The van der Waals surface area contributed by atoms with Gasteiger partial charge in [0.05, 0.1) is 5.56 Å². The Bertz CT molecular complexity index is 346. The predicted molar refractivity (Wildman–Crippen MR) is 47.3 cm³/mol. The van der Waals surface area contributed by atoms with Gasteiger partial charge in [-0.3, -0.25) is 4.79 Å². The van der Waals surface area contributed by atoms with Crippen LogP contribution in [0.1, 0.15) is 22.3 Å². The van der Waals surface area contributed by atoms with Crippen molar-refractivity contribution in [2.45, 2.75) is 6.43 Å². The molecule has 1 heterocycles. The number of nitrogens with zero attached hydrogens (tertiary/aromatic N) is 1. The van der Waals surface area contributed by atoms with Gasteiger partial charge in [-0.05, 0) is 15.9 Å². The van der Waals surface area contributed by atoms with Gasteiger partial charge in [-0.25, -0.2) is 13.8 Å². The van der Waals surface area contributed by atoms with Crippen LogP contribution >= 0.6 is 27.5 Å². The highest BCUT2D eigenvalue weighted by atomic mass is 79.9. The first-order valence-electron chi connectivity index (χ1n) is 3.15. The van der Waals surface area contributed by atoms with E-state index in [2.05, 4.69) is 20.9 Å². The summed E-state index contributed by atoms with van der Waals surface area (Å²) in [5.74, 6) is 0. The second-order valence-electron chi connectivity index (χ2n) is 2.15. The van der Waals surface area contributed by atoms with Crippen molar-refractivity contribution in [2.75, 3.05) is 0 Å². The Morgan fingerprint density at radius 2 is 2.23 bits per heavy atom. The fourth-order valence-corrected chi connectivity index (χ4v) is 1.66. The first kappa shape index (κ1) is 10.5. The normalized spacial score (nSPS) is 10.5. The molecule has 0 aliphatic carbocycles. The monoisotopic (exact) mass is 269 g/mol. The van der Waals surface area contributed by atoms with Crippen molar-refractivity contribution < 1.29 is 13.6 Å². The summed E-state index contributed by atoms with van der Waals surface area (Å²) in [6.45, 7) is 0. The van der Waals surface area contributed by atoms with E-state index >= 15 is 0 Å². The van der Waals surface area contributed by atoms with Crippen LogP contribution in [0.15, 0.2) is 10.7 Å². The summed E-state index contributed by atoms with van der Waals surface area (Å²) in [5, 5.41) is -0.299. The minimum absolute atomic E-state index is 0.00231. The second-order valence-corrected chi connectivity index (χ2v) is 3.30. The number of rotatable bonds is 2. The zero-order valence-corrected chi connectivity index (χ0v) is 8.44. The molecule has 1 aromatic rings. The highest BCUT2D eigenvalue weighted by Gasteiger charge is 2.19. The van der Waals surface area contributed by atoms with Crippen LogP contribution in [-0.2, 0) is 0 Å². The minimum Gasteiger partial charge on any atom is -0.298 e. The third-order valence-electron chi connectivity index (χ3n) is 1.37. The summed E-state index contributed by atoms with van der Waals surface area (Å²) in [6.07, 6.45) is -1.20. The van der Waals surface area contributed by atoms with E-state index in [0.717, 1.165) is 6.20 Å². The van der Waals surface area contributed by atoms with Crippen molar-refractivity contribution >= 4 is 33.8 Å². The molecule has 1 aromatic heterocycles. The maximum Gasteiger partial charge on any atom is 0.267 e. The van der Waals surface area contributed by atoms with Crippen LogP contribution in [-0.4, -0.2) is 11.3 Å². The number of aromatic nitrogens is 1. The predicted octanol–water partition coefficient (Wildman–Crippen LogP) is 3.25. The minimum atomic E-state index is -2.76. The van der Waals surface area contributed by atoms with Gasteiger partial charge in [0.1, 0.15) is 5.15 Å². The Morgan fingerprint density at radius 3 is 2.69 bits per heavy atom. The van der Waals surface area contributed by atoms with Crippen molar-refractivity contribution in [1.29, 1.82) is 0 Å². The van der Waals surface area contributed by atoms with E-state index in [0.29, 0.717) is 6.29 Å². The molecule has 2 nitrogen and oxygen atoms in total. The molecule has 0 atom stereocenters.